The molecule has 2 aromatic heterocycles. The van der Waals surface area contributed by atoms with Crippen LogP contribution >= 0.6 is 24.0 Å². The molecule has 0 aliphatic heterocycles. The van der Waals surface area contributed by atoms with E-state index in [1.807, 2.05) is 36.5 Å². The molecule has 154 valence electrons. The molecule has 7 heteroatoms. The summed E-state index contributed by atoms with van der Waals surface area (Å²) in [7, 11) is 1.77. The minimum absolute atomic E-state index is 0. The fraction of sp³-hybridized carbons (Fsp3) is 0.476. The molecule has 2 N–H and O–H groups in total. The number of aromatic nitrogens is 2. The number of hydrogen-bond acceptors (Lipinski definition) is 4. The number of aliphatic imine (C=N–C) groups is 1. The predicted molar refractivity (Wildman–Crippen MR) is 125 cm³/mol. The normalized spacial score (nSPS) is 12.2. The molecule has 0 radical (unpaired) electrons. The number of ether oxygens (including phenoxy) is 1. The topological polar surface area (TPSA) is 71.4 Å². The zero-order valence-electron chi connectivity index (χ0n) is 17.2. The van der Waals surface area contributed by atoms with E-state index < -0.39 is 0 Å². The van der Waals surface area contributed by atoms with Crippen molar-refractivity contribution in [3.05, 3.63) is 54.0 Å². The second kappa shape index (κ2) is 13.3. The monoisotopic (exact) mass is 497 g/mol. The average molecular weight is 497 g/mol. The van der Waals surface area contributed by atoms with E-state index in [2.05, 4.69) is 46.4 Å². The van der Waals surface area contributed by atoms with E-state index >= 15 is 0 Å². The van der Waals surface area contributed by atoms with E-state index in [0.29, 0.717) is 18.3 Å². The lowest BCUT2D eigenvalue weighted by atomic mass is 10.1. The molecule has 2 aromatic rings. The van der Waals surface area contributed by atoms with Crippen molar-refractivity contribution in [1.82, 2.24) is 20.6 Å². The summed E-state index contributed by atoms with van der Waals surface area (Å²) in [5.41, 5.74) is 2.16. The van der Waals surface area contributed by atoms with Crippen LogP contribution < -0.4 is 15.4 Å². The molecule has 0 saturated heterocycles. The van der Waals surface area contributed by atoms with Gasteiger partial charge in [0.25, 0.3) is 0 Å². The quantitative estimate of drug-likeness (QED) is 0.313. The maximum Gasteiger partial charge on any atom is 0.213 e. The smallest absolute Gasteiger partial charge is 0.213 e. The number of pyridine rings is 2. The summed E-state index contributed by atoms with van der Waals surface area (Å²) in [5, 5.41) is 6.63. The zero-order chi connectivity index (χ0) is 19.5. The van der Waals surface area contributed by atoms with Gasteiger partial charge in [-0.3, -0.25) is 9.98 Å². The SMILES string of the molecule is CN=C(NCCc1ccccn1)NCc1ccnc(OC(C)CC(C)C)c1.I. The molecular weight excluding hydrogens is 465 g/mol. The third-order valence-corrected chi connectivity index (χ3v) is 4.01. The minimum Gasteiger partial charge on any atom is -0.475 e. The van der Waals surface area contributed by atoms with Crippen LogP contribution in [0.2, 0.25) is 0 Å². The summed E-state index contributed by atoms with van der Waals surface area (Å²) in [6.45, 7) is 7.90. The van der Waals surface area contributed by atoms with E-state index in [-0.39, 0.29) is 30.1 Å². The van der Waals surface area contributed by atoms with E-state index in [1.54, 1.807) is 13.2 Å². The first-order chi connectivity index (χ1) is 13.1. The molecule has 1 atom stereocenters. The molecule has 0 bridgehead atoms. The first-order valence-electron chi connectivity index (χ1n) is 9.53. The molecule has 6 nitrogen and oxygen atoms in total. The number of halogens is 1. The van der Waals surface area contributed by atoms with Crippen molar-refractivity contribution in [3.63, 3.8) is 0 Å². The molecule has 0 aliphatic carbocycles. The highest BCUT2D eigenvalue weighted by Crippen LogP contribution is 2.14. The number of hydrogen-bond donors (Lipinski definition) is 2. The van der Waals surface area contributed by atoms with Gasteiger partial charge in [-0.2, -0.15) is 0 Å². The van der Waals surface area contributed by atoms with Crippen LogP contribution in [0.1, 0.15) is 38.4 Å². The summed E-state index contributed by atoms with van der Waals surface area (Å²) < 4.78 is 5.92. The van der Waals surface area contributed by atoms with Crippen LogP contribution in [0.3, 0.4) is 0 Å². The highest BCUT2D eigenvalue weighted by atomic mass is 127. The third-order valence-electron chi connectivity index (χ3n) is 4.01. The summed E-state index contributed by atoms with van der Waals surface area (Å²) in [5.74, 6) is 2.03. The Hall–Kier alpha value is -1.90. The van der Waals surface area contributed by atoms with Gasteiger partial charge in [-0.25, -0.2) is 4.98 Å². The van der Waals surface area contributed by atoms with Gasteiger partial charge in [0, 0.05) is 50.7 Å². The highest BCUT2D eigenvalue weighted by molar-refractivity contribution is 14.0. The molecule has 0 aliphatic rings. The van der Waals surface area contributed by atoms with Crippen molar-refractivity contribution in [3.8, 4) is 5.88 Å². The molecule has 0 aromatic carbocycles. The maximum atomic E-state index is 5.92. The van der Waals surface area contributed by atoms with E-state index in [0.717, 1.165) is 36.6 Å². The molecule has 0 spiro atoms. The molecule has 0 amide bonds. The van der Waals surface area contributed by atoms with Gasteiger partial charge in [-0.15, -0.1) is 24.0 Å². The Kier molecular flexibility index (Phi) is 11.5. The summed E-state index contributed by atoms with van der Waals surface area (Å²) in [4.78, 5) is 12.9. The second-order valence-electron chi connectivity index (χ2n) is 6.98. The molecule has 0 saturated carbocycles. The molecule has 1 unspecified atom stereocenters. The average Bonchev–Trinajstić information content (AvgIpc) is 2.65. The fourth-order valence-corrected chi connectivity index (χ4v) is 2.80. The van der Waals surface area contributed by atoms with Crippen molar-refractivity contribution in [2.24, 2.45) is 10.9 Å². The first kappa shape index (κ1) is 24.1. The van der Waals surface area contributed by atoms with Gasteiger partial charge < -0.3 is 15.4 Å². The molecular formula is C21H32IN5O. The lowest BCUT2D eigenvalue weighted by Gasteiger charge is -2.16. The van der Waals surface area contributed by atoms with Crippen LogP contribution in [0, 0.1) is 5.92 Å². The lowest BCUT2D eigenvalue weighted by Crippen LogP contribution is -2.37. The van der Waals surface area contributed by atoms with Crippen LogP contribution in [0.25, 0.3) is 0 Å². The fourth-order valence-electron chi connectivity index (χ4n) is 2.80. The standard InChI is InChI=1S/C21H31N5O.HI/c1-16(2)13-17(3)27-20-14-18(8-11-24-20)15-26-21(22-4)25-12-9-19-7-5-6-10-23-19;/h5-8,10-11,14,16-17H,9,12-13,15H2,1-4H3,(H2,22,25,26);1H. The largest absolute Gasteiger partial charge is 0.475 e. The van der Waals surface area contributed by atoms with Crippen molar-refractivity contribution < 1.29 is 4.74 Å². The van der Waals surface area contributed by atoms with Gasteiger partial charge in [0.15, 0.2) is 5.96 Å². The van der Waals surface area contributed by atoms with Crippen molar-refractivity contribution in [2.45, 2.75) is 46.3 Å². The number of nitrogens with one attached hydrogen (secondary N) is 2. The van der Waals surface area contributed by atoms with Crippen LogP contribution in [0.5, 0.6) is 5.88 Å². The highest BCUT2D eigenvalue weighted by Gasteiger charge is 2.08. The van der Waals surface area contributed by atoms with E-state index in [1.165, 1.54) is 0 Å². The van der Waals surface area contributed by atoms with E-state index in [9.17, 15) is 0 Å². The van der Waals surface area contributed by atoms with Crippen molar-refractivity contribution >= 4 is 29.9 Å². The van der Waals surface area contributed by atoms with Crippen molar-refractivity contribution in [2.75, 3.05) is 13.6 Å². The lowest BCUT2D eigenvalue weighted by molar-refractivity contribution is 0.185. The number of guanidine groups is 1. The Bertz CT molecular complexity index is 709. The number of nitrogens with zero attached hydrogens (tertiary/aromatic N) is 3. The molecule has 0 fully saturated rings. The summed E-state index contributed by atoms with van der Waals surface area (Å²) >= 11 is 0. The Balaban J connectivity index is 0.00000392. The van der Waals surface area contributed by atoms with Gasteiger partial charge in [0.05, 0.1) is 6.10 Å². The molecule has 2 rings (SSSR count). The zero-order valence-corrected chi connectivity index (χ0v) is 19.5. The van der Waals surface area contributed by atoms with Crippen LogP contribution in [-0.4, -0.2) is 35.6 Å². The Morgan fingerprint density at radius 2 is 1.93 bits per heavy atom. The Labute approximate surface area is 185 Å². The van der Waals surface area contributed by atoms with Gasteiger partial charge >= 0.3 is 0 Å². The van der Waals surface area contributed by atoms with Gasteiger partial charge in [-0.05, 0) is 43.0 Å². The number of rotatable bonds is 9. The maximum absolute atomic E-state index is 5.92. The third kappa shape index (κ3) is 9.34. The molecule has 2 heterocycles. The first-order valence-corrected chi connectivity index (χ1v) is 9.53. The van der Waals surface area contributed by atoms with E-state index in [4.69, 9.17) is 4.74 Å². The second-order valence-corrected chi connectivity index (χ2v) is 6.98. The summed E-state index contributed by atoms with van der Waals surface area (Å²) in [6.07, 6.45) is 5.61. The van der Waals surface area contributed by atoms with Crippen LogP contribution in [-0.2, 0) is 13.0 Å². The van der Waals surface area contributed by atoms with Crippen LogP contribution in [0.4, 0.5) is 0 Å². The minimum atomic E-state index is 0. The van der Waals surface area contributed by atoms with Gasteiger partial charge in [0.2, 0.25) is 5.88 Å². The molecule has 28 heavy (non-hydrogen) atoms. The van der Waals surface area contributed by atoms with Crippen LogP contribution in [0.15, 0.2) is 47.7 Å². The predicted octanol–water partition coefficient (Wildman–Crippen LogP) is 3.82. The van der Waals surface area contributed by atoms with Gasteiger partial charge in [-0.1, -0.05) is 19.9 Å². The van der Waals surface area contributed by atoms with Crippen molar-refractivity contribution in [1.29, 1.82) is 0 Å². The Morgan fingerprint density at radius 3 is 2.61 bits per heavy atom. The summed E-state index contributed by atoms with van der Waals surface area (Å²) in [6, 6.07) is 9.91. The van der Waals surface area contributed by atoms with Gasteiger partial charge in [0.1, 0.15) is 0 Å². The Morgan fingerprint density at radius 1 is 1.11 bits per heavy atom.